The van der Waals surface area contributed by atoms with Crippen LogP contribution in [0.5, 0.6) is 0 Å². The Hall–Kier alpha value is -1.42. The smallest absolute Gasteiger partial charge is 0.170 e. The zero-order chi connectivity index (χ0) is 12.3. The van der Waals surface area contributed by atoms with Gasteiger partial charge in [0.25, 0.3) is 0 Å². The molecule has 92 valence electrons. The number of aromatic nitrogens is 1. The van der Waals surface area contributed by atoms with Gasteiger partial charge in [-0.2, -0.15) is 0 Å². The molecule has 0 aliphatic carbocycles. The van der Waals surface area contributed by atoms with E-state index in [0.717, 1.165) is 19.5 Å². The van der Waals surface area contributed by atoms with Gasteiger partial charge in [0, 0.05) is 31.4 Å². The number of hydrogen-bond donors (Lipinski definition) is 1. The van der Waals surface area contributed by atoms with Crippen molar-refractivity contribution in [1.82, 2.24) is 10.3 Å². The van der Waals surface area contributed by atoms with E-state index in [1.165, 1.54) is 5.57 Å². The first-order valence-electron chi connectivity index (χ1n) is 5.91. The van der Waals surface area contributed by atoms with Crippen molar-refractivity contribution < 1.29 is 4.39 Å². The molecule has 17 heavy (non-hydrogen) atoms. The lowest BCUT2D eigenvalue weighted by atomic mass is 10.1. The van der Waals surface area contributed by atoms with Gasteiger partial charge in [0.05, 0.1) is 0 Å². The maximum absolute atomic E-state index is 14.2. The largest absolute Gasteiger partial charge is 0.350 e. The van der Waals surface area contributed by atoms with Gasteiger partial charge in [0.1, 0.15) is 0 Å². The molecule has 2 heterocycles. The molecule has 3 nitrogen and oxygen atoms in total. The Morgan fingerprint density at radius 3 is 3.06 bits per heavy atom. The van der Waals surface area contributed by atoms with Gasteiger partial charge < -0.3 is 10.2 Å². The summed E-state index contributed by atoms with van der Waals surface area (Å²) in [6.45, 7) is 4.21. The zero-order valence-corrected chi connectivity index (χ0v) is 10.3. The van der Waals surface area contributed by atoms with Crippen LogP contribution in [-0.2, 0) is 6.54 Å². The number of pyridine rings is 1. The normalized spacial score (nSPS) is 15.9. The van der Waals surface area contributed by atoms with Crippen LogP contribution in [0.15, 0.2) is 23.9 Å². The number of anilines is 1. The minimum absolute atomic E-state index is 0.198. The first-order chi connectivity index (χ1) is 8.22. The third-order valence-electron chi connectivity index (χ3n) is 2.95. The molecule has 0 amide bonds. The second kappa shape index (κ2) is 5.27. The molecule has 0 atom stereocenters. The third kappa shape index (κ3) is 2.64. The summed E-state index contributed by atoms with van der Waals surface area (Å²) in [6, 6.07) is 1.72. The number of nitrogens with one attached hydrogen (secondary N) is 1. The predicted molar refractivity (Wildman–Crippen MR) is 67.5 cm³/mol. The van der Waals surface area contributed by atoms with E-state index in [9.17, 15) is 4.39 Å². The first-order valence-corrected chi connectivity index (χ1v) is 5.91. The van der Waals surface area contributed by atoms with Crippen molar-refractivity contribution in [3.63, 3.8) is 0 Å². The van der Waals surface area contributed by atoms with E-state index in [4.69, 9.17) is 0 Å². The second-order valence-corrected chi connectivity index (χ2v) is 4.40. The summed E-state index contributed by atoms with van der Waals surface area (Å²) in [5.41, 5.74) is 1.95. The molecule has 0 aromatic carbocycles. The number of halogens is 1. The lowest BCUT2D eigenvalue weighted by Crippen LogP contribution is -2.31. The summed E-state index contributed by atoms with van der Waals surface area (Å²) < 4.78 is 14.2. The van der Waals surface area contributed by atoms with Gasteiger partial charge >= 0.3 is 0 Å². The van der Waals surface area contributed by atoms with Crippen molar-refractivity contribution in [2.45, 2.75) is 19.9 Å². The van der Waals surface area contributed by atoms with E-state index in [-0.39, 0.29) is 5.82 Å². The SMILES string of the molecule is CNCc1ccnc(N2CCC=C(C)C2)c1F. The van der Waals surface area contributed by atoms with E-state index in [1.807, 2.05) is 11.9 Å². The summed E-state index contributed by atoms with van der Waals surface area (Å²) in [7, 11) is 1.81. The van der Waals surface area contributed by atoms with Crippen molar-refractivity contribution >= 4 is 5.82 Å². The van der Waals surface area contributed by atoms with Crippen LogP contribution in [0.3, 0.4) is 0 Å². The van der Waals surface area contributed by atoms with Crippen LogP contribution in [0.2, 0.25) is 0 Å². The van der Waals surface area contributed by atoms with Crippen LogP contribution in [-0.4, -0.2) is 25.1 Å². The molecule has 0 fully saturated rings. The minimum Gasteiger partial charge on any atom is -0.350 e. The molecule has 1 aliphatic heterocycles. The first kappa shape index (κ1) is 12.0. The summed E-state index contributed by atoms with van der Waals surface area (Å²) in [6.07, 6.45) is 4.84. The molecule has 0 radical (unpaired) electrons. The number of nitrogens with zero attached hydrogens (tertiary/aromatic N) is 2. The van der Waals surface area contributed by atoms with Gasteiger partial charge in [-0.05, 0) is 26.5 Å². The van der Waals surface area contributed by atoms with Crippen LogP contribution < -0.4 is 10.2 Å². The summed E-state index contributed by atoms with van der Waals surface area (Å²) in [4.78, 5) is 6.18. The summed E-state index contributed by atoms with van der Waals surface area (Å²) in [5, 5.41) is 2.97. The fourth-order valence-electron chi connectivity index (χ4n) is 2.11. The van der Waals surface area contributed by atoms with Crippen LogP contribution in [0.25, 0.3) is 0 Å². The lowest BCUT2D eigenvalue weighted by Gasteiger charge is -2.27. The fourth-order valence-corrected chi connectivity index (χ4v) is 2.11. The van der Waals surface area contributed by atoms with Gasteiger partial charge in [-0.1, -0.05) is 11.6 Å². The maximum atomic E-state index is 14.2. The Labute approximate surface area is 101 Å². The van der Waals surface area contributed by atoms with E-state index in [0.29, 0.717) is 17.9 Å². The lowest BCUT2D eigenvalue weighted by molar-refractivity contribution is 0.585. The van der Waals surface area contributed by atoms with Crippen LogP contribution in [0.1, 0.15) is 18.9 Å². The van der Waals surface area contributed by atoms with Crippen molar-refractivity contribution in [1.29, 1.82) is 0 Å². The highest BCUT2D eigenvalue weighted by Gasteiger charge is 2.17. The van der Waals surface area contributed by atoms with Crippen molar-refractivity contribution in [2.24, 2.45) is 0 Å². The van der Waals surface area contributed by atoms with E-state index in [1.54, 1.807) is 12.3 Å². The Bertz CT molecular complexity index is 429. The van der Waals surface area contributed by atoms with Gasteiger partial charge in [0.15, 0.2) is 11.6 Å². The third-order valence-corrected chi connectivity index (χ3v) is 2.95. The van der Waals surface area contributed by atoms with Gasteiger partial charge in [0.2, 0.25) is 0 Å². The highest BCUT2D eigenvalue weighted by atomic mass is 19.1. The molecule has 4 heteroatoms. The molecule has 1 aromatic heterocycles. The second-order valence-electron chi connectivity index (χ2n) is 4.40. The molecule has 0 bridgehead atoms. The average molecular weight is 235 g/mol. The molecule has 1 N–H and O–H groups in total. The molecule has 2 rings (SSSR count). The topological polar surface area (TPSA) is 28.2 Å². The van der Waals surface area contributed by atoms with Gasteiger partial charge in [-0.15, -0.1) is 0 Å². The number of rotatable bonds is 3. The Morgan fingerprint density at radius 1 is 1.53 bits per heavy atom. The van der Waals surface area contributed by atoms with Crippen LogP contribution >= 0.6 is 0 Å². The Balaban J connectivity index is 2.26. The van der Waals surface area contributed by atoms with Gasteiger partial charge in [-0.25, -0.2) is 9.37 Å². The van der Waals surface area contributed by atoms with Crippen LogP contribution in [0.4, 0.5) is 10.2 Å². The zero-order valence-electron chi connectivity index (χ0n) is 10.3. The summed E-state index contributed by atoms with van der Waals surface area (Å²) >= 11 is 0. The van der Waals surface area contributed by atoms with Crippen molar-refractivity contribution in [2.75, 3.05) is 25.0 Å². The molecule has 1 aliphatic rings. The Kier molecular flexibility index (Phi) is 3.74. The molecule has 0 saturated heterocycles. The molecule has 1 aromatic rings. The molecular weight excluding hydrogens is 217 g/mol. The van der Waals surface area contributed by atoms with Crippen LogP contribution in [0, 0.1) is 5.82 Å². The van der Waals surface area contributed by atoms with E-state index < -0.39 is 0 Å². The minimum atomic E-state index is -0.198. The van der Waals surface area contributed by atoms with E-state index in [2.05, 4.69) is 23.3 Å². The molecule has 0 spiro atoms. The predicted octanol–water partition coefficient (Wildman–Crippen LogP) is 2.10. The Morgan fingerprint density at radius 2 is 2.35 bits per heavy atom. The van der Waals surface area contributed by atoms with Crippen molar-refractivity contribution in [3.05, 3.63) is 35.3 Å². The maximum Gasteiger partial charge on any atom is 0.170 e. The number of hydrogen-bond acceptors (Lipinski definition) is 3. The van der Waals surface area contributed by atoms with Gasteiger partial charge in [-0.3, -0.25) is 0 Å². The quantitative estimate of drug-likeness (QED) is 0.813. The molecule has 0 unspecified atom stereocenters. The average Bonchev–Trinajstić information content (AvgIpc) is 2.32. The highest BCUT2D eigenvalue weighted by molar-refractivity contribution is 5.45. The van der Waals surface area contributed by atoms with E-state index >= 15 is 0 Å². The summed E-state index contributed by atoms with van der Waals surface area (Å²) in [5.74, 6) is 0.279. The fraction of sp³-hybridized carbons (Fsp3) is 0.462. The van der Waals surface area contributed by atoms with Crippen molar-refractivity contribution in [3.8, 4) is 0 Å². The molecular formula is C13H18FN3. The standard InChI is InChI=1S/C13H18FN3/c1-10-4-3-7-17(9-10)13-12(14)11(8-15-2)5-6-16-13/h4-6,15H,3,7-9H2,1-2H3. The molecule has 0 saturated carbocycles. The highest BCUT2D eigenvalue weighted by Crippen LogP contribution is 2.22. The monoisotopic (exact) mass is 235 g/mol.